The molecule has 1 N–H and O–H groups in total. The van der Waals surface area contributed by atoms with Crippen molar-refractivity contribution < 1.29 is 9.18 Å². The van der Waals surface area contributed by atoms with Gasteiger partial charge in [-0.1, -0.05) is 23.7 Å². The van der Waals surface area contributed by atoms with Gasteiger partial charge in [-0.15, -0.1) is 10.2 Å². The van der Waals surface area contributed by atoms with Crippen LogP contribution in [0.2, 0.25) is 5.02 Å². The molecule has 8 heteroatoms. The zero-order valence-corrected chi connectivity index (χ0v) is 14.1. The van der Waals surface area contributed by atoms with E-state index in [1.165, 1.54) is 16.9 Å². The minimum atomic E-state index is -0.341. The molecule has 0 aliphatic heterocycles. The number of amides is 1. The van der Waals surface area contributed by atoms with E-state index in [-0.39, 0.29) is 24.3 Å². The Bertz CT molecular complexity index is 864. The minimum Gasteiger partial charge on any atom is -0.348 e. The number of halogens is 2. The summed E-state index contributed by atoms with van der Waals surface area (Å²) in [6, 6.07) is 12.8. The number of nitrogens with one attached hydrogen (secondary N) is 1. The fraction of sp³-hybridized carbons (Fsp3) is 0.176. The second kappa shape index (κ2) is 7.40. The summed E-state index contributed by atoms with van der Waals surface area (Å²) in [7, 11) is 0. The number of hydrogen-bond acceptors (Lipinski definition) is 4. The lowest BCUT2D eigenvalue weighted by atomic mass is 10.1. The van der Waals surface area contributed by atoms with Gasteiger partial charge in [-0.2, -0.15) is 4.80 Å². The van der Waals surface area contributed by atoms with Gasteiger partial charge in [0.05, 0.1) is 6.04 Å². The fourth-order valence-electron chi connectivity index (χ4n) is 2.28. The van der Waals surface area contributed by atoms with E-state index in [2.05, 4.69) is 20.7 Å². The third-order valence-electron chi connectivity index (χ3n) is 3.59. The Morgan fingerprint density at radius 3 is 2.56 bits per heavy atom. The van der Waals surface area contributed by atoms with Gasteiger partial charge in [-0.25, -0.2) is 4.39 Å². The third-order valence-corrected chi connectivity index (χ3v) is 3.84. The number of nitrogens with zero attached hydrogens (tertiary/aromatic N) is 4. The molecule has 1 atom stereocenters. The van der Waals surface area contributed by atoms with Gasteiger partial charge in [0.1, 0.15) is 12.4 Å². The molecule has 1 heterocycles. The van der Waals surface area contributed by atoms with E-state index in [0.717, 1.165) is 5.56 Å². The van der Waals surface area contributed by atoms with E-state index < -0.39 is 0 Å². The highest BCUT2D eigenvalue weighted by molar-refractivity contribution is 6.30. The Morgan fingerprint density at radius 1 is 1.20 bits per heavy atom. The van der Waals surface area contributed by atoms with Crippen LogP contribution in [0.25, 0.3) is 11.4 Å². The lowest BCUT2D eigenvalue weighted by Crippen LogP contribution is -2.30. The van der Waals surface area contributed by atoms with Crippen LogP contribution in [-0.4, -0.2) is 26.1 Å². The van der Waals surface area contributed by atoms with E-state index >= 15 is 0 Å². The number of hydrogen-bond donors (Lipinski definition) is 1. The molecule has 3 rings (SSSR count). The van der Waals surface area contributed by atoms with Crippen molar-refractivity contribution in [1.82, 2.24) is 25.5 Å². The summed E-state index contributed by atoms with van der Waals surface area (Å²) < 4.78 is 12.9. The maximum Gasteiger partial charge on any atom is 0.244 e. The van der Waals surface area contributed by atoms with Crippen molar-refractivity contribution in [2.75, 3.05) is 0 Å². The van der Waals surface area contributed by atoms with Crippen molar-refractivity contribution in [3.63, 3.8) is 0 Å². The molecule has 3 aromatic rings. The average Bonchev–Trinajstić information content (AvgIpc) is 3.04. The summed E-state index contributed by atoms with van der Waals surface area (Å²) in [5, 5.41) is 15.4. The Hall–Kier alpha value is -2.80. The average molecular weight is 360 g/mol. The van der Waals surface area contributed by atoms with Gasteiger partial charge in [0, 0.05) is 10.6 Å². The molecule has 0 saturated carbocycles. The zero-order valence-electron chi connectivity index (χ0n) is 13.4. The summed E-state index contributed by atoms with van der Waals surface area (Å²) in [6.45, 7) is 1.81. The first-order valence-corrected chi connectivity index (χ1v) is 7.97. The van der Waals surface area contributed by atoms with Crippen molar-refractivity contribution in [3.8, 4) is 11.4 Å². The Balaban J connectivity index is 1.61. The second-order valence-electron chi connectivity index (χ2n) is 5.49. The first-order chi connectivity index (χ1) is 12.0. The maximum absolute atomic E-state index is 12.9. The molecule has 0 radical (unpaired) electrons. The van der Waals surface area contributed by atoms with Crippen LogP contribution >= 0.6 is 11.6 Å². The van der Waals surface area contributed by atoms with Crippen LogP contribution in [0.1, 0.15) is 18.5 Å². The molecule has 2 aromatic carbocycles. The molecule has 1 aromatic heterocycles. The molecule has 128 valence electrons. The summed E-state index contributed by atoms with van der Waals surface area (Å²) in [6.07, 6.45) is 0. The quantitative estimate of drug-likeness (QED) is 0.760. The molecular formula is C17H15ClFN5O. The van der Waals surface area contributed by atoms with E-state index in [1.807, 2.05) is 19.1 Å². The van der Waals surface area contributed by atoms with E-state index in [4.69, 9.17) is 11.6 Å². The highest BCUT2D eigenvalue weighted by Gasteiger charge is 2.13. The molecule has 0 bridgehead atoms. The second-order valence-corrected chi connectivity index (χ2v) is 5.93. The molecule has 6 nitrogen and oxygen atoms in total. The number of carbonyl (C=O) groups is 1. The number of carbonyl (C=O) groups excluding carboxylic acids is 1. The smallest absolute Gasteiger partial charge is 0.244 e. The molecule has 0 saturated heterocycles. The summed E-state index contributed by atoms with van der Waals surface area (Å²) in [4.78, 5) is 13.3. The third kappa shape index (κ3) is 4.39. The number of rotatable bonds is 5. The van der Waals surface area contributed by atoms with Crippen LogP contribution in [0.15, 0.2) is 48.5 Å². The van der Waals surface area contributed by atoms with Crippen molar-refractivity contribution in [2.24, 2.45) is 0 Å². The maximum atomic E-state index is 12.9. The molecule has 0 unspecified atom stereocenters. The first kappa shape index (κ1) is 17.0. The Morgan fingerprint density at radius 2 is 1.88 bits per heavy atom. The van der Waals surface area contributed by atoms with E-state index in [1.54, 1.807) is 24.3 Å². The van der Waals surface area contributed by atoms with Gasteiger partial charge in [0.25, 0.3) is 0 Å². The van der Waals surface area contributed by atoms with Crippen LogP contribution in [0, 0.1) is 5.82 Å². The van der Waals surface area contributed by atoms with Crippen molar-refractivity contribution in [3.05, 3.63) is 64.9 Å². The van der Waals surface area contributed by atoms with E-state index in [9.17, 15) is 9.18 Å². The highest BCUT2D eigenvalue weighted by Crippen LogP contribution is 2.16. The van der Waals surface area contributed by atoms with Gasteiger partial charge in [-0.3, -0.25) is 4.79 Å². The predicted octanol–water partition coefficient (Wildman–Crippen LogP) is 3.01. The summed E-state index contributed by atoms with van der Waals surface area (Å²) in [5.74, 6) is -0.254. The van der Waals surface area contributed by atoms with Crippen molar-refractivity contribution in [1.29, 1.82) is 0 Å². The highest BCUT2D eigenvalue weighted by atomic mass is 35.5. The monoisotopic (exact) mass is 359 g/mol. The number of tetrazole rings is 1. The topological polar surface area (TPSA) is 72.7 Å². The van der Waals surface area contributed by atoms with Gasteiger partial charge in [0.2, 0.25) is 11.7 Å². The molecule has 1 amide bonds. The summed E-state index contributed by atoms with van der Waals surface area (Å²) in [5.41, 5.74) is 1.57. The van der Waals surface area contributed by atoms with Crippen LogP contribution in [0.4, 0.5) is 4.39 Å². The SMILES string of the molecule is C[C@@H](NC(=O)Cn1nnc(-c2ccc(F)cc2)n1)c1ccc(Cl)cc1. The lowest BCUT2D eigenvalue weighted by molar-refractivity contribution is -0.122. The molecule has 0 aliphatic rings. The summed E-state index contributed by atoms with van der Waals surface area (Å²) >= 11 is 5.86. The van der Waals surface area contributed by atoms with Crippen molar-refractivity contribution in [2.45, 2.75) is 19.5 Å². The van der Waals surface area contributed by atoms with Crippen LogP contribution in [0.3, 0.4) is 0 Å². The van der Waals surface area contributed by atoms with Gasteiger partial charge < -0.3 is 5.32 Å². The Labute approximate surface area is 148 Å². The van der Waals surface area contributed by atoms with Crippen LogP contribution < -0.4 is 5.32 Å². The predicted molar refractivity (Wildman–Crippen MR) is 91.2 cm³/mol. The largest absolute Gasteiger partial charge is 0.348 e. The molecular weight excluding hydrogens is 345 g/mol. The molecule has 0 aliphatic carbocycles. The first-order valence-electron chi connectivity index (χ1n) is 7.60. The van der Waals surface area contributed by atoms with Gasteiger partial charge >= 0.3 is 0 Å². The molecule has 0 spiro atoms. The van der Waals surface area contributed by atoms with E-state index in [0.29, 0.717) is 16.4 Å². The van der Waals surface area contributed by atoms with Gasteiger partial charge in [0.15, 0.2) is 0 Å². The minimum absolute atomic E-state index is 0.0634. The van der Waals surface area contributed by atoms with Crippen LogP contribution in [0.5, 0.6) is 0 Å². The molecule has 0 fully saturated rings. The van der Waals surface area contributed by atoms with Crippen molar-refractivity contribution >= 4 is 17.5 Å². The zero-order chi connectivity index (χ0) is 17.8. The number of aromatic nitrogens is 4. The van der Waals surface area contributed by atoms with Gasteiger partial charge in [-0.05, 0) is 54.1 Å². The lowest BCUT2D eigenvalue weighted by Gasteiger charge is -2.14. The van der Waals surface area contributed by atoms with Crippen LogP contribution in [-0.2, 0) is 11.3 Å². The Kier molecular flexibility index (Phi) is 5.04. The standard InChI is InChI=1S/C17H15ClFN5O/c1-11(12-2-6-14(18)7-3-12)20-16(25)10-24-22-17(21-23-24)13-4-8-15(19)9-5-13/h2-9,11H,10H2,1H3,(H,20,25)/t11-/m1/s1. The normalized spacial score (nSPS) is 12.0. The fourth-order valence-corrected chi connectivity index (χ4v) is 2.40. The number of benzene rings is 2. The molecule has 25 heavy (non-hydrogen) atoms.